The van der Waals surface area contributed by atoms with Crippen molar-refractivity contribution < 1.29 is 0 Å². The third-order valence-electron chi connectivity index (χ3n) is 14.1. The van der Waals surface area contributed by atoms with Crippen molar-refractivity contribution in [3.05, 3.63) is 258 Å². The van der Waals surface area contributed by atoms with Crippen molar-refractivity contribution in [2.75, 3.05) is 0 Å². The molecule has 0 atom stereocenters. The third kappa shape index (κ3) is 7.49. The van der Waals surface area contributed by atoms with Crippen LogP contribution in [0, 0.1) is 35.8 Å². The number of para-hydroxylation sites is 3. The van der Waals surface area contributed by atoms with E-state index in [1.807, 2.05) is 103 Å². The zero-order chi connectivity index (χ0) is 51.3. The van der Waals surface area contributed by atoms with Crippen molar-refractivity contribution in [3.8, 4) is 91.1 Å². The molecule has 13 aromatic rings. The van der Waals surface area contributed by atoms with Crippen LogP contribution in [0.2, 0.25) is 0 Å². The number of hydrogen-bond acceptors (Lipinski definition) is 5. The van der Waals surface area contributed by atoms with Gasteiger partial charge in [-0.15, -0.1) is 0 Å². The lowest BCUT2D eigenvalue weighted by molar-refractivity contribution is 1.07. The van der Waals surface area contributed by atoms with Gasteiger partial charge in [-0.3, -0.25) is 0 Å². The summed E-state index contributed by atoms with van der Waals surface area (Å²) in [7, 11) is 0. The molecule has 0 aliphatic rings. The lowest BCUT2D eigenvalue weighted by atomic mass is 9.93. The number of fused-ring (bicyclic) bond motifs is 6. The maximum Gasteiger partial charge on any atom is 0.186 e. The second kappa shape index (κ2) is 18.4. The van der Waals surface area contributed by atoms with Crippen LogP contribution >= 0.6 is 0 Å². The molecule has 13 rings (SSSR count). The fourth-order valence-corrected chi connectivity index (χ4v) is 10.6. The largest absolute Gasteiger partial charge is 0.309 e. The SMILES string of the molecule is [C-]#[N+]c1cc(C#N)c(-c2ccc3c(c2)c2ccccc2n3-c2ccc(-c3cccc(C#N)c3)cc2-c2cc(-c3nc(-c4ccccc4)nc(-c4ccccc4)n3)ccc2-n2c3ccccc3c3ccccc32)c([N+]#[C-])c1. The van der Waals surface area contributed by atoms with Crippen molar-refractivity contribution in [1.82, 2.24) is 24.1 Å². The second-order valence-corrected chi connectivity index (χ2v) is 18.4. The maximum absolute atomic E-state index is 10.4. The van der Waals surface area contributed by atoms with Gasteiger partial charge in [0.25, 0.3) is 0 Å². The predicted octanol–water partition coefficient (Wildman–Crippen LogP) is 16.9. The highest BCUT2D eigenvalue weighted by Crippen LogP contribution is 2.45. The Labute approximate surface area is 437 Å². The van der Waals surface area contributed by atoms with Crippen molar-refractivity contribution in [1.29, 1.82) is 10.5 Å². The van der Waals surface area contributed by atoms with Gasteiger partial charge >= 0.3 is 0 Å². The molecule has 0 aliphatic carbocycles. The summed E-state index contributed by atoms with van der Waals surface area (Å²) in [5, 5.41) is 24.6. The normalized spacial score (nSPS) is 11.1. The van der Waals surface area contributed by atoms with Crippen molar-refractivity contribution in [2.45, 2.75) is 0 Å². The van der Waals surface area contributed by atoms with Crippen LogP contribution < -0.4 is 0 Å². The minimum Gasteiger partial charge on any atom is -0.309 e. The van der Waals surface area contributed by atoms with Gasteiger partial charge in [0.1, 0.15) is 0 Å². The topological polar surface area (TPSA) is 105 Å². The Hall–Kier alpha value is -11.2. The Balaban J connectivity index is 1.14. The second-order valence-electron chi connectivity index (χ2n) is 18.4. The highest BCUT2D eigenvalue weighted by molar-refractivity contribution is 6.13. The third-order valence-corrected chi connectivity index (χ3v) is 14.1. The van der Waals surface area contributed by atoms with E-state index in [4.69, 9.17) is 28.1 Å². The van der Waals surface area contributed by atoms with E-state index in [1.165, 1.54) is 0 Å². The summed E-state index contributed by atoms with van der Waals surface area (Å²) in [6, 6.07) is 79.6. The molecule has 0 bridgehead atoms. The molecule has 3 heterocycles. The predicted molar refractivity (Wildman–Crippen MR) is 303 cm³/mol. The molecule has 9 nitrogen and oxygen atoms in total. The van der Waals surface area contributed by atoms with E-state index in [2.05, 4.69) is 140 Å². The maximum atomic E-state index is 10.4. The molecule has 0 spiro atoms. The molecule has 0 aliphatic heterocycles. The molecule has 0 radical (unpaired) electrons. The lowest BCUT2D eigenvalue weighted by Crippen LogP contribution is -2.04. The van der Waals surface area contributed by atoms with Gasteiger partial charge in [0.2, 0.25) is 0 Å². The van der Waals surface area contributed by atoms with E-state index in [0.717, 1.165) is 93.9 Å². The van der Waals surface area contributed by atoms with E-state index in [-0.39, 0.29) is 16.9 Å². The van der Waals surface area contributed by atoms with Gasteiger partial charge in [0.05, 0.1) is 64.3 Å². The molecule has 10 aromatic carbocycles. The summed E-state index contributed by atoms with van der Waals surface area (Å²) in [5.74, 6) is 1.61. The van der Waals surface area contributed by atoms with Crippen LogP contribution in [0.15, 0.2) is 224 Å². The molecule has 0 saturated heterocycles. The van der Waals surface area contributed by atoms with Crippen LogP contribution in [0.25, 0.3) is 132 Å². The summed E-state index contributed by atoms with van der Waals surface area (Å²) in [6.07, 6.45) is 0. The Morgan fingerprint density at radius 1 is 0.368 bits per heavy atom. The minimum atomic E-state index is 0.243. The molecule has 3 aromatic heterocycles. The van der Waals surface area contributed by atoms with Crippen LogP contribution in [0.4, 0.5) is 11.4 Å². The first kappa shape index (κ1) is 44.7. The van der Waals surface area contributed by atoms with Crippen LogP contribution in [-0.4, -0.2) is 24.1 Å². The average molecular weight is 968 g/mol. The molecular formula is C67H37N9. The van der Waals surface area contributed by atoms with Crippen LogP contribution in [0.1, 0.15) is 11.1 Å². The average Bonchev–Trinajstić information content (AvgIpc) is 4.02. The first-order valence-electron chi connectivity index (χ1n) is 24.5. The lowest BCUT2D eigenvalue weighted by Gasteiger charge is -2.21. The van der Waals surface area contributed by atoms with Crippen LogP contribution in [-0.2, 0) is 0 Å². The van der Waals surface area contributed by atoms with Gasteiger partial charge in [0.15, 0.2) is 28.8 Å². The number of nitriles is 2. The van der Waals surface area contributed by atoms with Gasteiger partial charge in [-0.1, -0.05) is 146 Å². The van der Waals surface area contributed by atoms with E-state index < -0.39 is 0 Å². The van der Waals surface area contributed by atoms with Gasteiger partial charge in [-0.05, 0) is 95.6 Å². The molecule has 9 heteroatoms. The molecule has 0 saturated carbocycles. The molecule has 0 N–H and O–H groups in total. The first-order chi connectivity index (χ1) is 37.5. The van der Waals surface area contributed by atoms with E-state index in [0.29, 0.717) is 34.2 Å². The standard InChI is InChI=1S/C67H37N9/c1-70-50-35-49(41-69)64(57(39-50)71-2)47-29-32-61-54(37-47)53-24-11-14-27-60(53)76(61)62-31-28-46(45-21-15-16-42(34-45)40-68)36-55(62)56-38-48(30-33-63(56)75-58-25-12-9-22-51(58)52-23-10-13-26-59(52)75)67-73-65(43-17-5-3-6-18-43)72-66(74-67)44-19-7-4-8-20-44/h3-39H. The van der Waals surface area contributed by atoms with E-state index in [1.54, 1.807) is 12.1 Å². The summed E-state index contributed by atoms with van der Waals surface area (Å²) in [4.78, 5) is 22.8. The number of hydrogen-bond donors (Lipinski definition) is 0. The molecule has 0 fully saturated rings. The summed E-state index contributed by atoms with van der Waals surface area (Å²) >= 11 is 0. The molecule has 76 heavy (non-hydrogen) atoms. The Morgan fingerprint density at radius 2 is 0.842 bits per heavy atom. The molecule has 0 unspecified atom stereocenters. The van der Waals surface area contributed by atoms with Crippen molar-refractivity contribution in [3.63, 3.8) is 0 Å². The highest BCUT2D eigenvalue weighted by Gasteiger charge is 2.24. The highest BCUT2D eigenvalue weighted by atomic mass is 15.0. The van der Waals surface area contributed by atoms with Gasteiger partial charge < -0.3 is 9.13 Å². The van der Waals surface area contributed by atoms with Gasteiger partial charge in [-0.2, -0.15) is 10.5 Å². The smallest absolute Gasteiger partial charge is 0.186 e. The Morgan fingerprint density at radius 3 is 1.39 bits per heavy atom. The van der Waals surface area contributed by atoms with Crippen LogP contribution in [0.5, 0.6) is 0 Å². The Bertz CT molecular complexity index is 4550. The summed E-state index contributed by atoms with van der Waals surface area (Å²) in [6.45, 7) is 15.8. The quantitative estimate of drug-likeness (QED) is 0.141. The first-order valence-corrected chi connectivity index (χ1v) is 24.5. The number of rotatable bonds is 8. The zero-order valence-electron chi connectivity index (χ0n) is 40.4. The van der Waals surface area contributed by atoms with Gasteiger partial charge in [-0.25, -0.2) is 24.6 Å². The number of benzene rings is 10. The van der Waals surface area contributed by atoms with Crippen LogP contribution in [0.3, 0.4) is 0 Å². The fourth-order valence-electron chi connectivity index (χ4n) is 10.6. The molecule has 350 valence electrons. The molecule has 0 amide bonds. The van der Waals surface area contributed by atoms with E-state index >= 15 is 0 Å². The Kier molecular flexibility index (Phi) is 10.8. The zero-order valence-corrected chi connectivity index (χ0v) is 40.4. The van der Waals surface area contributed by atoms with Gasteiger partial charge in [0, 0.05) is 60.5 Å². The number of nitrogens with zero attached hydrogens (tertiary/aromatic N) is 9. The number of aromatic nitrogens is 5. The van der Waals surface area contributed by atoms with E-state index in [9.17, 15) is 10.5 Å². The summed E-state index contributed by atoms with van der Waals surface area (Å²) in [5.41, 5.74) is 14.3. The minimum absolute atomic E-state index is 0.243. The van der Waals surface area contributed by atoms with Crippen molar-refractivity contribution >= 4 is 55.0 Å². The molecular weight excluding hydrogens is 931 g/mol. The summed E-state index contributed by atoms with van der Waals surface area (Å²) < 4.78 is 4.63. The van der Waals surface area contributed by atoms with Crippen molar-refractivity contribution in [2.24, 2.45) is 0 Å². The monoisotopic (exact) mass is 967 g/mol. The fraction of sp³-hybridized carbons (Fsp3) is 0.